The Hall–Kier alpha value is -2.41. The fourth-order valence-corrected chi connectivity index (χ4v) is 4.08. The predicted molar refractivity (Wildman–Crippen MR) is 102 cm³/mol. The summed E-state index contributed by atoms with van der Waals surface area (Å²) in [5.74, 6) is -0.984. The van der Waals surface area contributed by atoms with E-state index in [0.717, 1.165) is 10.1 Å². The maximum Gasteiger partial charge on any atom is 0.345 e. The van der Waals surface area contributed by atoms with E-state index in [1.165, 1.54) is 11.3 Å². The number of hydrogen-bond acceptors (Lipinski definition) is 4. The second kappa shape index (κ2) is 7.45. The topological polar surface area (TPSA) is 86.7 Å². The number of carbonyl (C=O) groups excluding carboxylic acids is 2. The van der Waals surface area contributed by atoms with Gasteiger partial charge >= 0.3 is 5.97 Å². The minimum absolute atomic E-state index is 0.0200. The quantitative estimate of drug-likeness (QED) is 0.858. The number of nitrogens with zero attached hydrogens (tertiary/aromatic N) is 1. The average Bonchev–Trinajstić information content (AvgIpc) is 3.04. The maximum atomic E-state index is 12.5. The molecule has 0 spiro atoms. The van der Waals surface area contributed by atoms with Gasteiger partial charge in [0.25, 0.3) is 0 Å². The second-order valence-corrected chi connectivity index (χ2v) is 8.00. The van der Waals surface area contributed by atoms with Gasteiger partial charge in [0, 0.05) is 35.3 Å². The van der Waals surface area contributed by atoms with Gasteiger partial charge in [-0.3, -0.25) is 9.59 Å². The summed E-state index contributed by atoms with van der Waals surface area (Å²) in [6, 6.07) is 7.04. The lowest BCUT2D eigenvalue weighted by Crippen LogP contribution is -2.43. The van der Waals surface area contributed by atoms with Crippen molar-refractivity contribution in [3.05, 3.63) is 29.1 Å². The van der Waals surface area contributed by atoms with Crippen molar-refractivity contribution in [2.24, 2.45) is 11.8 Å². The van der Waals surface area contributed by atoms with Crippen molar-refractivity contribution in [2.45, 2.75) is 26.7 Å². The number of carbonyl (C=O) groups is 3. The number of aromatic carboxylic acids is 1. The van der Waals surface area contributed by atoms with Crippen LogP contribution in [0.4, 0.5) is 5.69 Å². The summed E-state index contributed by atoms with van der Waals surface area (Å²) in [6.07, 6.45) is 1.32. The molecule has 2 heterocycles. The van der Waals surface area contributed by atoms with Gasteiger partial charge in [0.1, 0.15) is 4.88 Å². The van der Waals surface area contributed by atoms with Crippen LogP contribution >= 0.6 is 11.3 Å². The standard InChI is InChI=1S/C19H22N2O4S/c1-11(2)18(23)21-7-5-12(6-8-21)17(22)20-14-3-4-15-13(9-14)10-16(26-15)19(24)25/h3-4,9-12H,5-8H2,1-2H3,(H,20,22)(H,24,25). The lowest BCUT2D eigenvalue weighted by atomic mass is 9.95. The Morgan fingerprint density at radius 2 is 1.88 bits per heavy atom. The fourth-order valence-electron chi connectivity index (χ4n) is 3.20. The molecular weight excluding hydrogens is 352 g/mol. The van der Waals surface area contributed by atoms with Crippen LogP contribution < -0.4 is 5.32 Å². The summed E-state index contributed by atoms with van der Waals surface area (Å²) >= 11 is 1.22. The fraction of sp³-hybridized carbons (Fsp3) is 0.421. The second-order valence-electron chi connectivity index (χ2n) is 6.91. The molecule has 6 nitrogen and oxygen atoms in total. The molecule has 0 saturated carbocycles. The molecule has 2 N–H and O–H groups in total. The van der Waals surface area contributed by atoms with E-state index in [1.807, 2.05) is 24.8 Å². The number of hydrogen-bond donors (Lipinski definition) is 2. The first kappa shape index (κ1) is 18.4. The molecule has 0 bridgehead atoms. The molecule has 1 aromatic heterocycles. The molecule has 26 heavy (non-hydrogen) atoms. The number of piperidine rings is 1. The molecule has 0 radical (unpaired) electrons. The van der Waals surface area contributed by atoms with Crippen molar-refractivity contribution in [2.75, 3.05) is 18.4 Å². The molecular formula is C19H22N2O4S. The molecule has 2 amide bonds. The van der Waals surface area contributed by atoms with Gasteiger partial charge in [0.15, 0.2) is 0 Å². The first-order valence-electron chi connectivity index (χ1n) is 8.71. The third-order valence-electron chi connectivity index (χ3n) is 4.67. The third kappa shape index (κ3) is 3.88. The molecule has 138 valence electrons. The van der Waals surface area contributed by atoms with E-state index in [0.29, 0.717) is 31.6 Å². The molecule has 0 unspecified atom stereocenters. The number of thiophene rings is 1. The molecule has 7 heteroatoms. The SMILES string of the molecule is CC(C)C(=O)N1CCC(C(=O)Nc2ccc3sc(C(=O)O)cc3c2)CC1. The zero-order chi connectivity index (χ0) is 18.8. The molecule has 1 aliphatic rings. The van der Waals surface area contributed by atoms with E-state index in [1.54, 1.807) is 18.2 Å². The monoisotopic (exact) mass is 374 g/mol. The van der Waals surface area contributed by atoms with Crippen molar-refractivity contribution in [1.29, 1.82) is 0 Å². The number of benzene rings is 1. The van der Waals surface area contributed by atoms with Crippen molar-refractivity contribution < 1.29 is 19.5 Å². The summed E-state index contributed by atoms with van der Waals surface area (Å²) < 4.78 is 0.876. The third-order valence-corrected chi connectivity index (χ3v) is 5.77. The Morgan fingerprint density at radius 1 is 1.19 bits per heavy atom. The minimum Gasteiger partial charge on any atom is -0.477 e. The van der Waals surface area contributed by atoms with Crippen LogP contribution in [0.25, 0.3) is 10.1 Å². The van der Waals surface area contributed by atoms with Gasteiger partial charge in [0.2, 0.25) is 11.8 Å². The Bertz CT molecular complexity index is 850. The highest BCUT2D eigenvalue weighted by Gasteiger charge is 2.28. The molecule has 1 aromatic carbocycles. The number of amides is 2. The van der Waals surface area contributed by atoms with Crippen LogP contribution in [-0.2, 0) is 9.59 Å². The van der Waals surface area contributed by atoms with E-state index >= 15 is 0 Å². The molecule has 2 aromatic rings. The van der Waals surface area contributed by atoms with E-state index in [2.05, 4.69) is 5.32 Å². The maximum absolute atomic E-state index is 12.5. The van der Waals surface area contributed by atoms with Gasteiger partial charge in [-0.15, -0.1) is 11.3 Å². The summed E-state index contributed by atoms with van der Waals surface area (Å²) in [5, 5.41) is 12.8. The van der Waals surface area contributed by atoms with Crippen molar-refractivity contribution in [3.8, 4) is 0 Å². The summed E-state index contributed by atoms with van der Waals surface area (Å²) in [6.45, 7) is 5.00. The Kier molecular flexibility index (Phi) is 5.27. The highest BCUT2D eigenvalue weighted by atomic mass is 32.1. The van der Waals surface area contributed by atoms with Gasteiger partial charge in [-0.05, 0) is 42.5 Å². The first-order chi connectivity index (χ1) is 12.3. The highest BCUT2D eigenvalue weighted by Crippen LogP contribution is 2.29. The Morgan fingerprint density at radius 3 is 2.50 bits per heavy atom. The van der Waals surface area contributed by atoms with Crippen LogP contribution in [0.15, 0.2) is 24.3 Å². The van der Waals surface area contributed by atoms with Gasteiger partial charge in [-0.25, -0.2) is 4.79 Å². The van der Waals surface area contributed by atoms with Crippen LogP contribution in [0.2, 0.25) is 0 Å². The number of fused-ring (bicyclic) bond motifs is 1. The minimum atomic E-state index is -0.945. The van der Waals surface area contributed by atoms with Crippen LogP contribution in [0.1, 0.15) is 36.4 Å². The first-order valence-corrected chi connectivity index (χ1v) is 9.53. The molecule has 0 atom stereocenters. The van der Waals surface area contributed by atoms with Gasteiger partial charge in [-0.1, -0.05) is 13.8 Å². The molecule has 3 rings (SSSR count). The number of likely N-dealkylation sites (tertiary alicyclic amines) is 1. The van der Waals surface area contributed by atoms with Crippen LogP contribution in [0, 0.1) is 11.8 Å². The summed E-state index contributed by atoms with van der Waals surface area (Å²) in [4.78, 5) is 37.7. The van der Waals surface area contributed by atoms with Crippen LogP contribution in [-0.4, -0.2) is 40.9 Å². The van der Waals surface area contributed by atoms with Gasteiger partial charge < -0.3 is 15.3 Å². The molecule has 1 fully saturated rings. The highest BCUT2D eigenvalue weighted by molar-refractivity contribution is 7.20. The van der Waals surface area contributed by atoms with Gasteiger partial charge in [0.05, 0.1) is 0 Å². The average molecular weight is 374 g/mol. The van der Waals surface area contributed by atoms with Crippen molar-refractivity contribution in [1.82, 2.24) is 4.90 Å². The van der Waals surface area contributed by atoms with E-state index in [-0.39, 0.29) is 28.5 Å². The number of carboxylic acid groups (broad SMARTS) is 1. The number of anilines is 1. The normalized spacial score (nSPS) is 15.4. The van der Waals surface area contributed by atoms with Crippen LogP contribution in [0.3, 0.4) is 0 Å². The summed E-state index contributed by atoms with van der Waals surface area (Å²) in [5.41, 5.74) is 0.665. The lowest BCUT2D eigenvalue weighted by Gasteiger charge is -2.32. The zero-order valence-corrected chi connectivity index (χ0v) is 15.6. The number of carboxylic acids is 1. The molecule has 1 saturated heterocycles. The van der Waals surface area contributed by atoms with Crippen molar-refractivity contribution in [3.63, 3.8) is 0 Å². The Balaban J connectivity index is 1.62. The van der Waals surface area contributed by atoms with E-state index in [4.69, 9.17) is 5.11 Å². The smallest absolute Gasteiger partial charge is 0.345 e. The largest absolute Gasteiger partial charge is 0.477 e. The molecule has 0 aliphatic carbocycles. The molecule has 1 aliphatic heterocycles. The van der Waals surface area contributed by atoms with Gasteiger partial charge in [-0.2, -0.15) is 0 Å². The van der Waals surface area contributed by atoms with E-state index < -0.39 is 5.97 Å². The predicted octanol–water partition coefficient (Wildman–Crippen LogP) is 3.43. The zero-order valence-electron chi connectivity index (χ0n) is 14.8. The Labute approximate surface area is 155 Å². The van der Waals surface area contributed by atoms with E-state index in [9.17, 15) is 14.4 Å². The summed E-state index contributed by atoms with van der Waals surface area (Å²) in [7, 11) is 0. The van der Waals surface area contributed by atoms with Crippen molar-refractivity contribution >= 4 is 44.9 Å². The lowest BCUT2D eigenvalue weighted by molar-refractivity contribution is -0.137. The number of nitrogens with one attached hydrogen (secondary N) is 1. The number of rotatable bonds is 4. The van der Waals surface area contributed by atoms with Crippen LogP contribution in [0.5, 0.6) is 0 Å².